The number of hydrogen-bond acceptors (Lipinski definition) is 2. The van der Waals surface area contributed by atoms with Gasteiger partial charge in [-0.05, 0) is 18.2 Å². The van der Waals surface area contributed by atoms with E-state index in [0.29, 0.717) is 11.3 Å². The molecule has 0 spiro atoms. The zero-order valence-corrected chi connectivity index (χ0v) is 6.75. The van der Waals surface area contributed by atoms with E-state index in [1.54, 1.807) is 18.7 Å². The Morgan fingerprint density at radius 2 is 2.22 bits per heavy atom. The molecular formula is C7H12OS. The molecule has 0 aromatic rings. The van der Waals surface area contributed by atoms with Crippen molar-refractivity contribution in [1.29, 1.82) is 0 Å². The van der Waals surface area contributed by atoms with Crippen molar-refractivity contribution in [1.82, 2.24) is 0 Å². The fraction of sp³-hybridized carbons (Fsp3) is 0.571. The molecule has 0 atom stereocenters. The molecule has 0 saturated carbocycles. The molecule has 0 fully saturated rings. The molecule has 0 amide bonds. The Morgan fingerprint density at radius 1 is 1.67 bits per heavy atom. The summed E-state index contributed by atoms with van der Waals surface area (Å²) in [4.78, 5) is 10.8. The van der Waals surface area contributed by atoms with Crippen LogP contribution in [0.5, 0.6) is 0 Å². The Bertz CT molecular complexity index is 118. The van der Waals surface area contributed by atoms with Crippen LogP contribution < -0.4 is 0 Å². The first kappa shape index (κ1) is 8.76. The summed E-state index contributed by atoms with van der Waals surface area (Å²) in [5.41, 5.74) is 0.663. The number of carbonyl (C=O) groups is 1. The highest BCUT2D eigenvalue weighted by Crippen LogP contribution is 2.01. The lowest BCUT2D eigenvalue weighted by Gasteiger charge is -1.94. The smallest absolute Gasteiger partial charge is 0.167 e. The number of allylic oxidation sites excluding steroid dienone is 1. The summed E-state index contributed by atoms with van der Waals surface area (Å²) < 4.78 is 0. The molecule has 0 aliphatic carbocycles. The number of Topliss-reactive ketones (excluding diaryl/α,β-unsaturated/α-hetero) is 1. The van der Waals surface area contributed by atoms with Gasteiger partial charge in [-0.25, -0.2) is 0 Å². The molecule has 52 valence electrons. The molecule has 0 aliphatic heterocycles. The van der Waals surface area contributed by atoms with Gasteiger partial charge in [0.15, 0.2) is 5.78 Å². The number of hydrogen-bond donors (Lipinski definition) is 0. The molecule has 0 unspecified atom stereocenters. The van der Waals surface area contributed by atoms with Gasteiger partial charge in [0.25, 0.3) is 0 Å². The minimum Gasteiger partial charge on any atom is -0.294 e. The average Bonchev–Trinajstić information content (AvgIpc) is 1.82. The van der Waals surface area contributed by atoms with E-state index in [2.05, 4.69) is 6.58 Å². The average molecular weight is 144 g/mol. The van der Waals surface area contributed by atoms with Gasteiger partial charge in [0.1, 0.15) is 0 Å². The molecule has 0 aliphatic rings. The highest BCUT2D eigenvalue weighted by molar-refractivity contribution is 7.99. The Morgan fingerprint density at radius 3 is 2.56 bits per heavy atom. The standard InChI is InChI=1S/C7H12OS/c1-4-9-5-7(8)6(2)3/h2,4-5H2,1,3H3. The summed E-state index contributed by atoms with van der Waals surface area (Å²) in [5, 5.41) is 0. The lowest BCUT2D eigenvalue weighted by atomic mass is 10.2. The molecule has 9 heavy (non-hydrogen) atoms. The zero-order chi connectivity index (χ0) is 7.28. The van der Waals surface area contributed by atoms with E-state index in [9.17, 15) is 4.79 Å². The van der Waals surface area contributed by atoms with Gasteiger partial charge in [0.05, 0.1) is 5.75 Å². The van der Waals surface area contributed by atoms with Crippen LogP contribution in [0.15, 0.2) is 12.2 Å². The Kier molecular flexibility index (Phi) is 4.50. The van der Waals surface area contributed by atoms with Gasteiger partial charge in [-0.15, -0.1) is 0 Å². The second-order valence-corrected chi connectivity index (χ2v) is 3.11. The number of ketones is 1. The molecule has 0 radical (unpaired) electrons. The molecule has 0 bridgehead atoms. The van der Waals surface area contributed by atoms with E-state index in [1.165, 1.54) is 0 Å². The number of rotatable bonds is 4. The fourth-order valence-corrected chi connectivity index (χ4v) is 0.954. The molecule has 0 heterocycles. The molecule has 2 heteroatoms. The first-order valence-electron chi connectivity index (χ1n) is 2.95. The molecular weight excluding hydrogens is 132 g/mol. The van der Waals surface area contributed by atoms with Crippen LogP contribution in [0.2, 0.25) is 0 Å². The van der Waals surface area contributed by atoms with Crippen molar-refractivity contribution < 1.29 is 4.79 Å². The predicted octanol–water partition coefficient (Wildman–Crippen LogP) is 1.88. The van der Waals surface area contributed by atoms with Crippen LogP contribution in [0.4, 0.5) is 0 Å². The summed E-state index contributed by atoms with van der Waals surface area (Å²) in [6, 6.07) is 0. The van der Waals surface area contributed by atoms with Crippen LogP contribution in [0.1, 0.15) is 13.8 Å². The Balaban J connectivity index is 3.39. The predicted molar refractivity (Wildman–Crippen MR) is 42.8 cm³/mol. The van der Waals surface area contributed by atoms with Gasteiger partial charge in [-0.3, -0.25) is 4.79 Å². The molecule has 1 nitrogen and oxygen atoms in total. The lowest BCUT2D eigenvalue weighted by Crippen LogP contribution is -2.01. The molecule has 0 saturated heterocycles. The maximum atomic E-state index is 10.8. The first-order valence-corrected chi connectivity index (χ1v) is 4.10. The van der Waals surface area contributed by atoms with Crippen molar-refractivity contribution >= 4 is 17.5 Å². The second kappa shape index (κ2) is 4.62. The van der Waals surface area contributed by atoms with E-state index in [0.717, 1.165) is 5.75 Å². The third kappa shape index (κ3) is 4.28. The molecule has 0 aromatic carbocycles. The van der Waals surface area contributed by atoms with Gasteiger partial charge >= 0.3 is 0 Å². The minimum absolute atomic E-state index is 0.168. The normalized spacial score (nSPS) is 9.11. The Labute approximate surface area is 60.5 Å². The largest absolute Gasteiger partial charge is 0.294 e. The van der Waals surface area contributed by atoms with Crippen LogP contribution in [0.25, 0.3) is 0 Å². The van der Waals surface area contributed by atoms with Crippen molar-refractivity contribution in [3.8, 4) is 0 Å². The van der Waals surface area contributed by atoms with Crippen LogP contribution in [0, 0.1) is 0 Å². The third-order valence-corrected chi connectivity index (χ3v) is 1.79. The molecule has 0 N–H and O–H groups in total. The molecule has 0 rings (SSSR count). The van der Waals surface area contributed by atoms with Crippen LogP contribution >= 0.6 is 11.8 Å². The first-order chi connectivity index (χ1) is 4.18. The summed E-state index contributed by atoms with van der Waals surface area (Å²) in [5.74, 6) is 1.76. The fourth-order valence-electron chi connectivity index (χ4n) is 0.318. The maximum Gasteiger partial charge on any atom is 0.167 e. The Hall–Kier alpha value is -0.240. The van der Waals surface area contributed by atoms with Crippen molar-refractivity contribution in [2.75, 3.05) is 11.5 Å². The van der Waals surface area contributed by atoms with E-state index in [1.807, 2.05) is 6.92 Å². The van der Waals surface area contributed by atoms with Gasteiger partial charge in [-0.2, -0.15) is 11.8 Å². The SMILES string of the molecule is C=C(C)C(=O)CSCC. The quantitative estimate of drug-likeness (QED) is 0.560. The van der Waals surface area contributed by atoms with Crippen molar-refractivity contribution in [2.24, 2.45) is 0 Å². The van der Waals surface area contributed by atoms with Crippen LogP contribution in [-0.2, 0) is 4.79 Å². The minimum atomic E-state index is 0.168. The van der Waals surface area contributed by atoms with Gasteiger partial charge in [-0.1, -0.05) is 13.5 Å². The summed E-state index contributed by atoms with van der Waals surface area (Å²) in [6.07, 6.45) is 0. The van der Waals surface area contributed by atoms with Crippen molar-refractivity contribution in [3.05, 3.63) is 12.2 Å². The second-order valence-electron chi connectivity index (χ2n) is 1.84. The van der Waals surface area contributed by atoms with Crippen molar-refractivity contribution in [2.45, 2.75) is 13.8 Å². The zero-order valence-electron chi connectivity index (χ0n) is 5.94. The van der Waals surface area contributed by atoms with Crippen LogP contribution in [-0.4, -0.2) is 17.3 Å². The van der Waals surface area contributed by atoms with Crippen molar-refractivity contribution in [3.63, 3.8) is 0 Å². The van der Waals surface area contributed by atoms with Gasteiger partial charge < -0.3 is 0 Å². The van der Waals surface area contributed by atoms with E-state index < -0.39 is 0 Å². The molecule has 0 aromatic heterocycles. The van der Waals surface area contributed by atoms with Gasteiger partial charge in [0, 0.05) is 0 Å². The van der Waals surface area contributed by atoms with E-state index in [4.69, 9.17) is 0 Å². The maximum absolute atomic E-state index is 10.8. The third-order valence-electron chi connectivity index (χ3n) is 0.913. The summed E-state index contributed by atoms with van der Waals surface area (Å²) in [7, 11) is 0. The van der Waals surface area contributed by atoms with Gasteiger partial charge in [0.2, 0.25) is 0 Å². The number of thioether (sulfide) groups is 1. The van der Waals surface area contributed by atoms with E-state index >= 15 is 0 Å². The number of carbonyl (C=O) groups excluding carboxylic acids is 1. The monoisotopic (exact) mass is 144 g/mol. The highest BCUT2D eigenvalue weighted by atomic mass is 32.2. The topological polar surface area (TPSA) is 17.1 Å². The highest BCUT2D eigenvalue weighted by Gasteiger charge is 1.99. The van der Waals surface area contributed by atoms with Crippen LogP contribution in [0.3, 0.4) is 0 Å². The van der Waals surface area contributed by atoms with E-state index in [-0.39, 0.29) is 5.78 Å². The summed E-state index contributed by atoms with van der Waals surface area (Å²) >= 11 is 1.63. The summed E-state index contributed by atoms with van der Waals surface area (Å²) in [6.45, 7) is 7.33. The lowest BCUT2D eigenvalue weighted by molar-refractivity contribution is -0.113.